The first-order valence-corrected chi connectivity index (χ1v) is 7.71. The molecule has 0 aliphatic rings. The standard InChI is InChI=1S/C14H16FN3O2S/c1-8-6-11(16)7-13(14(8)15)21(19,20)18-12-5-4-9(2)17-10(12)3/h4-7,18H,16H2,1-3H3. The molecule has 7 heteroatoms. The fourth-order valence-electron chi connectivity index (χ4n) is 1.95. The van der Waals surface area contributed by atoms with Crippen LogP contribution in [0.1, 0.15) is 17.0 Å². The van der Waals surface area contributed by atoms with Crippen LogP contribution in [0.2, 0.25) is 0 Å². The molecule has 0 spiro atoms. The highest BCUT2D eigenvalue weighted by Gasteiger charge is 2.22. The van der Waals surface area contributed by atoms with E-state index in [9.17, 15) is 12.8 Å². The zero-order chi connectivity index (χ0) is 15.8. The van der Waals surface area contributed by atoms with Crippen molar-refractivity contribution in [3.8, 4) is 0 Å². The molecule has 21 heavy (non-hydrogen) atoms. The van der Waals surface area contributed by atoms with Gasteiger partial charge in [-0.25, -0.2) is 12.8 Å². The summed E-state index contributed by atoms with van der Waals surface area (Å²) in [6, 6.07) is 5.74. The molecule has 0 aliphatic heterocycles. The van der Waals surface area contributed by atoms with E-state index in [0.29, 0.717) is 11.4 Å². The Kier molecular flexibility index (Phi) is 3.87. The molecule has 1 heterocycles. The molecule has 0 amide bonds. The number of rotatable bonds is 3. The minimum absolute atomic E-state index is 0.175. The minimum atomic E-state index is -4.07. The number of halogens is 1. The van der Waals surface area contributed by atoms with Crippen molar-refractivity contribution in [3.63, 3.8) is 0 Å². The Labute approximate surface area is 123 Å². The lowest BCUT2D eigenvalue weighted by Crippen LogP contribution is -2.16. The SMILES string of the molecule is Cc1ccc(NS(=O)(=O)c2cc(N)cc(C)c2F)c(C)n1. The Hall–Kier alpha value is -2.15. The third-order valence-corrected chi connectivity index (χ3v) is 4.37. The highest BCUT2D eigenvalue weighted by molar-refractivity contribution is 7.92. The normalized spacial score (nSPS) is 11.4. The number of pyridine rings is 1. The van der Waals surface area contributed by atoms with Gasteiger partial charge in [0, 0.05) is 11.4 Å². The van der Waals surface area contributed by atoms with E-state index in [0.717, 1.165) is 11.8 Å². The van der Waals surface area contributed by atoms with Crippen LogP contribution in [0.5, 0.6) is 0 Å². The number of aromatic nitrogens is 1. The van der Waals surface area contributed by atoms with Gasteiger partial charge >= 0.3 is 0 Å². The first-order chi connectivity index (χ1) is 9.70. The quantitative estimate of drug-likeness (QED) is 0.853. The van der Waals surface area contributed by atoms with Gasteiger partial charge in [-0.3, -0.25) is 9.71 Å². The van der Waals surface area contributed by atoms with Crippen LogP contribution in [-0.4, -0.2) is 13.4 Å². The van der Waals surface area contributed by atoms with Crippen molar-refractivity contribution in [2.75, 3.05) is 10.5 Å². The molecule has 0 atom stereocenters. The summed E-state index contributed by atoms with van der Waals surface area (Å²) in [4.78, 5) is 3.69. The number of anilines is 2. The molecule has 0 saturated heterocycles. The number of nitrogen functional groups attached to an aromatic ring is 1. The van der Waals surface area contributed by atoms with E-state index in [2.05, 4.69) is 9.71 Å². The highest BCUT2D eigenvalue weighted by Crippen LogP contribution is 2.24. The minimum Gasteiger partial charge on any atom is -0.399 e. The molecule has 112 valence electrons. The second kappa shape index (κ2) is 5.33. The van der Waals surface area contributed by atoms with Crippen LogP contribution in [0.15, 0.2) is 29.2 Å². The number of nitrogens with one attached hydrogen (secondary N) is 1. The lowest BCUT2D eigenvalue weighted by molar-refractivity contribution is 0.565. The van der Waals surface area contributed by atoms with Gasteiger partial charge in [0.1, 0.15) is 10.7 Å². The predicted octanol–water partition coefficient (Wildman–Crippen LogP) is 2.53. The van der Waals surface area contributed by atoms with Crippen LogP contribution < -0.4 is 10.5 Å². The zero-order valence-corrected chi connectivity index (χ0v) is 12.8. The maximum absolute atomic E-state index is 14.1. The molecular weight excluding hydrogens is 293 g/mol. The molecule has 0 aliphatic carbocycles. The fourth-order valence-corrected chi connectivity index (χ4v) is 3.26. The smallest absolute Gasteiger partial charge is 0.264 e. The summed E-state index contributed by atoms with van der Waals surface area (Å²) in [5, 5.41) is 0. The number of hydrogen-bond acceptors (Lipinski definition) is 4. The van der Waals surface area contributed by atoms with Crippen LogP contribution in [-0.2, 0) is 10.0 Å². The third kappa shape index (κ3) is 3.13. The summed E-state index contributed by atoms with van der Waals surface area (Å²) >= 11 is 0. The number of hydrogen-bond donors (Lipinski definition) is 2. The largest absolute Gasteiger partial charge is 0.399 e. The number of nitrogens with zero attached hydrogens (tertiary/aromatic N) is 1. The summed E-state index contributed by atoms with van der Waals surface area (Å²) in [5.74, 6) is -0.811. The summed E-state index contributed by atoms with van der Waals surface area (Å²) in [6.07, 6.45) is 0. The second-order valence-electron chi connectivity index (χ2n) is 4.84. The van der Waals surface area contributed by atoms with Gasteiger partial charge in [0.25, 0.3) is 10.0 Å². The lowest BCUT2D eigenvalue weighted by atomic mass is 10.2. The topological polar surface area (TPSA) is 85.1 Å². The van der Waals surface area contributed by atoms with Gasteiger partial charge in [-0.05, 0) is 50.6 Å². The second-order valence-corrected chi connectivity index (χ2v) is 6.49. The van der Waals surface area contributed by atoms with Crippen molar-refractivity contribution in [2.45, 2.75) is 25.7 Å². The van der Waals surface area contributed by atoms with Crippen LogP contribution in [0.3, 0.4) is 0 Å². The number of nitrogens with two attached hydrogens (primary N) is 1. The molecule has 0 bridgehead atoms. The van der Waals surface area contributed by atoms with Crippen molar-refractivity contribution in [2.24, 2.45) is 0 Å². The van der Waals surface area contributed by atoms with E-state index in [1.165, 1.54) is 13.0 Å². The molecule has 3 N–H and O–H groups in total. The highest BCUT2D eigenvalue weighted by atomic mass is 32.2. The van der Waals surface area contributed by atoms with Gasteiger partial charge in [0.2, 0.25) is 0 Å². The number of sulfonamides is 1. The molecule has 2 aromatic rings. The van der Waals surface area contributed by atoms with E-state index in [1.807, 2.05) is 0 Å². The average molecular weight is 309 g/mol. The van der Waals surface area contributed by atoms with Crippen LogP contribution in [0.4, 0.5) is 15.8 Å². The number of benzene rings is 1. The summed E-state index contributed by atoms with van der Waals surface area (Å²) < 4.78 is 41.1. The van der Waals surface area contributed by atoms with Crippen molar-refractivity contribution >= 4 is 21.4 Å². The Morgan fingerprint density at radius 1 is 1.19 bits per heavy atom. The number of aryl methyl sites for hydroxylation is 3. The summed E-state index contributed by atoms with van der Waals surface area (Å²) in [5.41, 5.74) is 7.54. The van der Waals surface area contributed by atoms with E-state index in [1.54, 1.807) is 26.0 Å². The van der Waals surface area contributed by atoms with Gasteiger partial charge in [-0.15, -0.1) is 0 Å². The van der Waals surface area contributed by atoms with Crippen LogP contribution in [0.25, 0.3) is 0 Å². The molecule has 1 aromatic heterocycles. The van der Waals surface area contributed by atoms with E-state index < -0.39 is 20.7 Å². The maximum atomic E-state index is 14.1. The Bertz CT molecular complexity index is 804. The van der Waals surface area contributed by atoms with E-state index in [4.69, 9.17) is 5.73 Å². The van der Waals surface area contributed by atoms with Crippen molar-refractivity contribution in [1.29, 1.82) is 0 Å². The van der Waals surface area contributed by atoms with E-state index >= 15 is 0 Å². The van der Waals surface area contributed by atoms with Gasteiger partial charge in [-0.2, -0.15) is 0 Å². The fraction of sp³-hybridized carbons (Fsp3) is 0.214. The molecule has 1 aromatic carbocycles. The van der Waals surface area contributed by atoms with Gasteiger partial charge in [0.15, 0.2) is 0 Å². The van der Waals surface area contributed by atoms with Gasteiger partial charge in [0.05, 0.1) is 11.4 Å². The monoisotopic (exact) mass is 309 g/mol. The molecule has 0 radical (unpaired) electrons. The average Bonchev–Trinajstić information content (AvgIpc) is 2.37. The Morgan fingerprint density at radius 2 is 1.86 bits per heavy atom. The molecule has 5 nitrogen and oxygen atoms in total. The van der Waals surface area contributed by atoms with Crippen molar-refractivity contribution in [1.82, 2.24) is 4.98 Å². The Balaban J connectivity index is 2.48. The maximum Gasteiger partial charge on any atom is 0.264 e. The molecule has 0 fully saturated rings. The summed E-state index contributed by atoms with van der Waals surface area (Å²) in [7, 11) is -4.07. The van der Waals surface area contributed by atoms with Crippen LogP contribution >= 0.6 is 0 Å². The molecule has 0 saturated carbocycles. The first-order valence-electron chi connectivity index (χ1n) is 6.23. The zero-order valence-electron chi connectivity index (χ0n) is 11.9. The van der Waals surface area contributed by atoms with Gasteiger partial charge < -0.3 is 5.73 Å². The van der Waals surface area contributed by atoms with E-state index in [-0.39, 0.29) is 11.3 Å². The van der Waals surface area contributed by atoms with Crippen LogP contribution in [0, 0.1) is 26.6 Å². The van der Waals surface area contributed by atoms with Crippen molar-refractivity contribution in [3.05, 3.63) is 47.0 Å². The first kappa shape index (κ1) is 15.2. The Morgan fingerprint density at radius 3 is 2.48 bits per heavy atom. The lowest BCUT2D eigenvalue weighted by Gasteiger charge is -2.12. The molecule has 2 rings (SSSR count). The van der Waals surface area contributed by atoms with Gasteiger partial charge in [-0.1, -0.05) is 0 Å². The van der Waals surface area contributed by atoms with Crippen molar-refractivity contribution < 1.29 is 12.8 Å². The molecule has 0 unspecified atom stereocenters. The molecular formula is C14H16FN3O2S. The third-order valence-electron chi connectivity index (χ3n) is 3.00. The predicted molar refractivity (Wildman–Crippen MR) is 80.1 cm³/mol. The summed E-state index contributed by atoms with van der Waals surface area (Å²) in [6.45, 7) is 4.93.